The molecule has 0 radical (unpaired) electrons. The Morgan fingerprint density at radius 2 is 1.59 bits per heavy atom. The van der Waals surface area contributed by atoms with Crippen molar-refractivity contribution in [3.63, 3.8) is 0 Å². The Morgan fingerprint density at radius 3 is 2.16 bits per heavy atom. The summed E-state index contributed by atoms with van der Waals surface area (Å²) in [5, 5.41) is 25.4. The third-order valence-electron chi connectivity index (χ3n) is 7.53. The topological polar surface area (TPSA) is 225 Å². The van der Waals surface area contributed by atoms with Crippen LogP contribution in [0, 0.1) is 0 Å². The maximum absolute atomic E-state index is 12.5. The SMILES string of the molecule is CCN1c2cc3oc4c(S(=O)(=O)O)c(=[NH2+])ccc-4c(-c4ccc(C(=O)O)cc4C(=O)O)c3cc2C(CS(=O)(=O)O)=CC1(C)C. The standard InChI is InChI=1S/C29H26N2O11S2/c1-4-31-22-11-23-20(10-18(22)15(12-29(31,2)3)13-43(36,37)38)24(16-6-5-14(27(32)33)9-19(16)28(34)35)17-7-8-21(30)26(25(17)42-23)44(39,40)41/h5-12,30H,4,13H2,1-3H3,(H,32,33)(H,34,35)(H,36,37,38)(H,39,40,41)/p+1. The van der Waals surface area contributed by atoms with Crippen molar-refractivity contribution in [2.24, 2.45) is 0 Å². The van der Waals surface area contributed by atoms with Gasteiger partial charge in [0, 0.05) is 46.4 Å². The minimum atomic E-state index is -4.98. The van der Waals surface area contributed by atoms with Crippen LogP contribution < -0.4 is 15.7 Å². The smallest absolute Gasteiger partial charge is 0.336 e. The van der Waals surface area contributed by atoms with Gasteiger partial charge in [0.25, 0.3) is 10.1 Å². The second-order valence-corrected chi connectivity index (χ2v) is 13.7. The predicted octanol–water partition coefficient (Wildman–Crippen LogP) is 2.40. The van der Waals surface area contributed by atoms with Gasteiger partial charge in [-0.15, -0.1) is 0 Å². The molecule has 44 heavy (non-hydrogen) atoms. The fourth-order valence-electron chi connectivity index (χ4n) is 5.88. The number of likely N-dealkylation sites (N-methyl/N-ethyl adjacent to an activating group) is 1. The van der Waals surface area contributed by atoms with Gasteiger partial charge in [-0.2, -0.15) is 16.8 Å². The first-order valence-electron chi connectivity index (χ1n) is 13.0. The van der Waals surface area contributed by atoms with E-state index in [4.69, 9.17) is 9.83 Å². The number of benzene rings is 3. The highest BCUT2D eigenvalue weighted by Gasteiger charge is 2.36. The molecule has 0 spiro atoms. The van der Waals surface area contributed by atoms with Crippen molar-refractivity contribution >= 4 is 54.4 Å². The van der Waals surface area contributed by atoms with E-state index in [1.54, 1.807) is 6.08 Å². The molecule has 2 aromatic carbocycles. The molecule has 2 aliphatic heterocycles. The zero-order chi connectivity index (χ0) is 32.5. The van der Waals surface area contributed by atoms with Crippen LogP contribution in [0.1, 0.15) is 47.1 Å². The number of carboxylic acids is 2. The van der Waals surface area contributed by atoms with Crippen LogP contribution in [0.3, 0.4) is 0 Å². The fraction of sp³-hybridized carbons (Fsp3) is 0.207. The first-order valence-corrected chi connectivity index (χ1v) is 16.1. The number of rotatable bonds is 7. The van der Waals surface area contributed by atoms with E-state index in [1.165, 1.54) is 36.4 Å². The maximum atomic E-state index is 12.5. The number of carboxylic acid groups (broad SMARTS) is 2. The first kappa shape index (κ1) is 30.9. The van der Waals surface area contributed by atoms with Crippen molar-refractivity contribution in [1.29, 1.82) is 0 Å². The third-order valence-corrected chi connectivity index (χ3v) is 9.14. The summed E-state index contributed by atoms with van der Waals surface area (Å²) in [5.41, 5.74) is -0.328. The molecular weight excluding hydrogens is 616 g/mol. The summed E-state index contributed by atoms with van der Waals surface area (Å²) in [6.45, 7) is 5.96. The molecule has 6 N–H and O–H groups in total. The Labute approximate surface area is 251 Å². The zero-order valence-electron chi connectivity index (χ0n) is 23.5. The van der Waals surface area contributed by atoms with Gasteiger partial charge in [-0.05, 0) is 56.2 Å². The molecule has 0 unspecified atom stereocenters. The number of nitrogens with zero attached hydrogens (tertiary/aromatic N) is 1. The summed E-state index contributed by atoms with van der Waals surface area (Å²) in [7, 11) is -9.48. The molecule has 0 fully saturated rings. The monoisotopic (exact) mass is 643 g/mol. The quantitative estimate of drug-likeness (QED) is 0.145. The van der Waals surface area contributed by atoms with Crippen LogP contribution in [0.15, 0.2) is 57.9 Å². The molecule has 0 bridgehead atoms. The van der Waals surface area contributed by atoms with Gasteiger partial charge in [0.1, 0.15) is 11.3 Å². The molecule has 230 valence electrons. The summed E-state index contributed by atoms with van der Waals surface area (Å²) < 4.78 is 75.1. The number of fused-ring (bicyclic) bond motifs is 3. The Bertz CT molecular complexity index is 2200. The van der Waals surface area contributed by atoms with Gasteiger partial charge in [-0.25, -0.2) is 9.59 Å². The van der Waals surface area contributed by atoms with Crippen molar-refractivity contribution in [2.75, 3.05) is 17.2 Å². The van der Waals surface area contributed by atoms with Crippen LogP contribution in [0.2, 0.25) is 0 Å². The fourth-order valence-corrected chi connectivity index (χ4v) is 7.26. The van der Waals surface area contributed by atoms with E-state index in [2.05, 4.69) is 0 Å². The summed E-state index contributed by atoms with van der Waals surface area (Å²) in [6, 6.07) is 9.00. The van der Waals surface area contributed by atoms with Crippen molar-refractivity contribution in [3.05, 3.63) is 70.6 Å². The van der Waals surface area contributed by atoms with E-state index in [9.17, 15) is 45.7 Å². The van der Waals surface area contributed by atoms with Crippen LogP contribution in [-0.2, 0) is 20.2 Å². The molecule has 0 amide bonds. The van der Waals surface area contributed by atoms with E-state index in [0.717, 1.165) is 6.07 Å². The molecule has 1 aliphatic carbocycles. The summed E-state index contributed by atoms with van der Waals surface area (Å²) in [4.78, 5) is 25.3. The number of anilines is 1. The molecule has 2 heterocycles. The van der Waals surface area contributed by atoms with Crippen molar-refractivity contribution in [1.82, 2.24) is 0 Å². The molecule has 13 nitrogen and oxygen atoms in total. The molecule has 0 saturated carbocycles. The normalized spacial score (nSPS) is 14.8. The molecule has 2 aromatic rings. The van der Waals surface area contributed by atoms with Crippen molar-refractivity contribution < 1.29 is 55.6 Å². The first-order chi connectivity index (χ1) is 20.3. The molecule has 0 aromatic heterocycles. The Morgan fingerprint density at radius 1 is 0.932 bits per heavy atom. The average molecular weight is 644 g/mol. The molecule has 0 saturated heterocycles. The molecular formula is C29H27N2O11S2+. The lowest BCUT2D eigenvalue weighted by Gasteiger charge is -2.43. The Hall–Kier alpha value is -4.57. The maximum Gasteiger partial charge on any atom is 0.336 e. The molecule has 15 heteroatoms. The van der Waals surface area contributed by atoms with Crippen LogP contribution in [0.5, 0.6) is 0 Å². The van der Waals surface area contributed by atoms with Gasteiger partial charge in [0.15, 0.2) is 5.76 Å². The third kappa shape index (κ3) is 5.23. The van der Waals surface area contributed by atoms with Gasteiger partial charge in [0.2, 0.25) is 10.3 Å². The lowest BCUT2D eigenvalue weighted by Crippen LogP contribution is -2.47. The number of carbonyl (C=O) groups is 2. The summed E-state index contributed by atoms with van der Waals surface area (Å²) in [6.07, 6.45) is 1.69. The lowest BCUT2D eigenvalue weighted by molar-refractivity contribution is -0.176. The van der Waals surface area contributed by atoms with Crippen LogP contribution in [-0.4, -0.2) is 65.9 Å². The Kier molecular flexibility index (Phi) is 7.20. The van der Waals surface area contributed by atoms with E-state index in [1.807, 2.05) is 25.7 Å². The molecule has 3 aliphatic rings. The number of hydrogen-bond acceptors (Lipinski definition) is 8. The molecule has 0 atom stereocenters. The lowest BCUT2D eigenvalue weighted by atomic mass is 9.85. The van der Waals surface area contributed by atoms with Crippen molar-refractivity contribution in [3.8, 4) is 22.5 Å². The minimum Gasteiger partial charge on any atom is -0.478 e. The second kappa shape index (κ2) is 10.3. The predicted molar refractivity (Wildman–Crippen MR) is 159 cm³/mol. The van der Waals surface area contributed by atoms with E-state index in [0.29, 0.717) is 17.8 Å². The highest BCUT2D eigenvalue weighted by molar-refractivity contribution is 7.86. The number of hydrogen-bond donors (Lipinski definition) is 5. The van der Waals surface area contributed by atoms with Gasteiger partial charge < -0.3 is 19.5 Å². The number of nitrogens with two attached hydrogens (primary N) is 1. The van der Waals surface area contributed by atoms with Gasteiger partial charge in [0.05, 0.1) is 16.7 Å². The van der Waals surface area contributed by atoms with Crippen LogP contribution in [0.25, 0.3) is 39.0 Å². The van der Waals surface area contributed by atoms with E-state index in [-0.39, 0.29) is 49.9 Å². The number of aromatic carboxylic acids is 2. The minimum absolute atomic E-state index is 0.00801. The summed E-state index contributed by atoms with van der Waals surface area (Å²) in [5.74, 6) is -3.99. The Balaban J connectivity index is 2.04. The highest BCUT2D eigenvalue weighted by Crippen LogP contribution is 2.48. The van der Waals surface area contributed by atoms with Gasteiger partial charge >= 0.3 is 22.1 Å². The second-order valence-electron chi connectivity index (χ2n) is 10.8. The van der Waals surface area contributed by atoms with Crippen LogP contribution >= 0.6 is 0 Å². The van der Waals surface area contributed by atoms with Gasteiger partial charge in [-0.1, -0.05) is 12.1 Å². The van der Waals surface area contributed by atoms with E-state index >= 15 is 0 Å². The average Bonchev–Trinajstić information content (AvgIpc) is 2.88. The van der Waals surface area contributed by atoms with Gasteiger partial charge in [-0.3, -0.25) is 14.5 Å². The van der Waals surface area contributed by atoms with Crippen LogP contribution in [0.4, 0.5) is 5.69 Å². The largest absolute Gasteiger partial charge is 0.478 e. The highest BCUT2D eigenvalue weighted by atomic mass is 32.2. The zero-order valence-corrected chi connectivity index (χ0v) is 25.2. The summed E-state index contributed by atoms with van der Waals surface area (Å²) >= 11 is 0. The molecule has 5 rings (SSSR count). The van der Waals surface area contributed by atoms with E-state index < -0.39 is 53.9 Å². The van der Waals surface area contributed by atoms with Crippen molar-refractivity contribution in [2.45, 2.75) is 31.2 Å².